The number of carbonyl (C=O) groups excluding carboxylic acids is 1. The zero-order valence-corrected chi connectivity index (χ0v) is 12.8. The first-order valence-corrected chi connectivity index (χ1v) is 7.39. The van der Waals surface area contributed by atoms with Crippen molar-refractivity contribution < 1.29 is 14.3 Å². The van der Waals surface area contributed by atoms with Crippen molar-refractivity contribution in [3.63, 3.8) is 0 Å². The van der Waals surface area contributed by atoms with Gasteiger partial charge in [-0.2, -0.15) is 0 Å². The number of nitrogens with zero attached hydrogens (tertiary/aromatic N) is 2. The summed E-state index contributed by atoms with van der Waals surface area (Å²) < 4.78 is 13.7. The highest BCUT2D eigenvalue weighted by molar-refractivity contribution is 6.31. The molecule has 0 aliphatic carbocycles. The third kappa shape index (κ3) is 4.15. The predicted octanol–water partition coefficient (Wildman–Crippen LogP) is 1.75. The molecule has 0 saturated carbocycles. The van der Waals surface area contributed by atoms with E-state index in [9.17, 15) is 9.18 Å². The maximum atomic E-state index is 13.7. The Hall–Kier alpha value is -1.17. The number of rotatable bonds is 5. The lowest BCUT2D eigenvalue weighted by molar-refractivity contribution is -0.131. The van der Waals surface area contributed by atoms with Crippen LogP contribution in [0.1, 0.15) is 12.0 Å². The lowest BCUT2D eigenvalue weighted by Gasteiger charge is -2.22. The number of aliphatic hydroxyl groups excluding tert-OH is 1. The number of likely N-dealkylation sites (tertiary alicyclic amines) is 1. The minimum absolute atomic E-state index is 0.0760. The Bertz CT molecular complexity index is 492. The fourth-order valence-corrected chi connectivity index (χ4v) is 2.75. The van der Waals surface area contributed by atoms with Crippen molar-refractivity contribution in [2.75, 3.05) is 33.3 Å². The second-order valence-electron chi connectivity index (χ2n) is 5.52. The van der Waals surface area contributed by atoms with Gasteiger partial charge in [0.2, 0.25) is 5.91 Å². The number of benzene rings is 1. The molecule has 1 amide bonds. The van der Waals surface area contributed by atoms with E-state index in [2.05, 4.69) is 0 Å². The van der Waals surface area contributed by atoms with Gasteiger partial charge in [0.25, 0.3) is 0 Å². The number of hydrogen-bond donors (Lipinski definition) is 1. The average Bonchev–Trinajstić information content (AvgIpc) is 2.90. The molecule has 1 unspecified atom stereocenters. The summed E-state index contributed by atoms with van der Waals surface area (Å²) in [5, 5.41) is 9.43. The zero-order chi connectivity index (χ0) is 15.4. The smallest absolute Gasteiger partial charge is 0.236 e. The van der Waals surface area contributed by atoms with Crippen LogP contribution in [-0.2, 0) is 11.3 Å². The van der Waals surface area contributed by atoms with E-state index in [1.165, 1.54) is 11.0 Å². The molecule has 4 nitrogen and oxygen atoms in total. The Morgan fingerprint density at radius 2 is 2.33 bits per heavy atom. The van der Waals surface area contributed by atoms with Crippen LogP contribution in [0.4, 0.5) is 4.39 Å². The predicted molar refractivity (Wildman–Crippen MR) is 79.5 cm³/mol. The van der Waals surface area contributed by atoms with E-state index in [-0.39, 0.29) is 25.0 Å². The fraction of sp³-hybridized carbons (Fsp3) is 0.533. The van der Waals surface area contributed by atoms with Crippen molar-refractivity contribution in [2.45, 2.75) is 13.0 Å². The highest BCUT2D eigenvalue weighted by atomic mass is 35.5. The van der Waals surface area contributed by atoms with Crippen molar-refractivity contribution in [3.05, 3.63) is 34.6 Å². The Kier molecular flexibility index (Phi) is 5.56. The molecule has 0 bridgehead atoms. The monoisotopic (exact) mass is 314 g/mol. The molecule has 1 atom stereocenters. The molecule has 1 fully saturated rings. The SMILES string of the molecule is CN(Cc1c(F)cccc1Cl)C(=O)CN1CCC(CO)C1. The summed E-state index contributed by atoms with van der Waals surface area (Å²) in [7, 11) is 1.64. The number of carbonyl (C=O) groups is 1. The lowest BCUT2D eigenvalue weighted by atomic mass is 10.1. The summed E-state index contributed by atoms with van der Waals surface area (Å²) in [5.41, 5.74) is 0.338. The maximum Gasteiger partial charge on any atom is 0.236 e. The first-order valence-electron chi connectivity index (χ1n) is 7.01. The molecule has 0 spiro atoms. The average molecular weight is 315 g/mol. The first-order chi connectivity index (χ1) is 10.0. The molecule has 1 heterocycles. The number of hydrogen-bond acceptors (Lipinski definition) is 3. The molecule has 0 aromatic heterocycles. The molecule has 0 radical (unpaired) electrons. The van der Waals surface area contributed by atoms with E-state index >= 15 is 0 Å². The van der Waals surface area contributed by atoms with E-state index in [4.69, 9.17) is 16.7 Å². The molecule has 1 aliphatic rings. The van der Waals surface area contributed by atoms with E-state index < -0.39 is 5.82 Å². The second kappa shape index (κ2) is 7.20. The minimum atomic E-state index is -0.399. The summed E-state index contributed by atoms with van der Waals surface area (Å²) in [6.07, 6.45) is 0.909. The van der Waals surface area contributed by atoms with Gasteiger partial charge >= 0.3 is 0 Å². The van der Waals surface area contributed by atoms with Crippen LogP contribution in [0.25, 0.3) is 0 Å². The van der Waals surface area contributed by atoms with Crippen LogP contribution < -0.4 is 0 Å². The van der Waals surface area contributed by atoms with Gasteiger partial charge in [-0.15, -0.1) is 0 Å². The van der Waals surface area contributed by atoms with Gasteiger partial charge in [0.1, 0.15) is 5.82 Å². The molecule has 116 valence electrons. The Morgan fingerprint density at radius 3 is 2.95 bits per heavy atom. The van der Waals surface area contributed by atoms with Gasteiger partial charge < -0.3 is 10.0 Å². The summed E-state index contributed by atoms with van der Waals surface area (Å²) in [4.78, 5) is 15.7. The molecule has 1 aromatic carbocycles. The van der Waals surface area contributed by atoms with Crippen LogP contribution in [0, 0.1) is 11.7 Å². The van der Waals surface area contributed by atoms with Crippen molar-refractivity contribution in [1.29, 1.82) is 0 Å². The van der Waals surface area contributed by atoms with Crippen LogP contribution in [0.3, 0.4) is 0 Å². The van der Waals surface area contributed by atoms with Gasteiger partial charge in [-0.25, -0.2) is 4.39 Å². The third-order valence-electron chi connectivity index (χ3n) is 3.87. The first kappa shape index (κ1) is 16.2. The molecule has 21 heavy (non-hydrogen) atoms. The topological polar surface area (TPSA) is 43.8 Å². The number of amides is 1. The second-order valence-corrected chi connectivity index (χ2v) is 5.93. The fourth-order valence-electron chi connectivity index (χ4n) is 2.53. The normalized spacial score (nSPS) is 19.0. The highest BCUT2D eigenvalue weighted by Crippen LogP contribution is 2.21. The van der Waals surface area contributed by atoms with Gasteiger partial charge in [0.15, 0.2) is 0 Å². The summed E-state index contributed by atoms with van der Waals surface area (Å²) >= 11 is 5.97. The molecule has 1 saturated heterocycles. The number of halogens is 2. The van der Waals surface area contributed by atoms with Gasteiger partial charge in [-0.3, -0.25) is 9.69 Å². The van der Waals surface area contributed by atoms with Gasteiger partial charge in [-0.05, 0) is 31.0 Å². The Morgan fingerprint density at radius 1 is 1.57 bits per heavy atom. The van der Waals surface area contributed by atoms with E-state index in [0.717, 1.165) is 19.5 Å². The molecule has 6 heteroatoms. The number of aliphatic hydroxyl groups is 1. The Balaban J connectivity index is 1.91. The van der Waals surface area contributed by atoms with Crippen molar-refractivity contribution in [3.8, 4) is 0 Å². The Labute approximate surface area is 129 Å². The highest BCUT2D eigenvalue weighted by Gasteiger charge is 2.24. The molecule has 1 aromatic rings. The quantitative estimate of drug-likeness (QED) is 0.900. The summed E-state index contributed by atoms with van der Waals surface area (Å²) in [6.45, 7) is 2.15. The molecular formula is C15H20ClFN2O2. The van der Waals surface area contributed by atoms with Crippen LogP contribution in [0.2, 0.25) is 5.02 Å². The van der Waals surface area contributed by atoms with E-state index in [1.807, 2.05) is 4.90 Å². The molecule has 1 N–H and O–H groups in total. The molecular weight excluding hydrogens is 295 g/mol. The van der Waals surface area contributed by atoms with Gasteiger partial charge in [0, 0.05) is 37.3 Å². The number of likely N-dealkylation sites (N-methyl/N-ethyl adjacent to an activating group) is 1. The van der Waals surface area contributed by atoms with Crippen molar-refractivity contribution >= 4 is 17.5 Å². The van der Waals surface area contributed by atoms with Crippen molar-refractivity contribution in [1.82, 2.24) is 9.80 Å². The summed E-state index contributed by atoms with van der Waals surface area (Å²) in [6, 6.07) is 4.50. The third-order valence-corrected chi connectivity index (χ3v) is 4.22. The van der Waals surface area contributed by atoms with Crippen LogP contribution >= 0.6 is 11.6 Å². The van der Waals surface area contributed by atoms with Crippen molar-refractivity contribution in [2.24, 2.45) is 5.92 Å². The zero-order valence-electron chi connectivity index (χ0n) is 12.1. The molecule has 2 rings (SSSR count). The lowest BCUT2D eigenvalue weighted by Crippen LogP contribution is -2.37. The largest absolute Gasteiger partial charge is 0.396 e. The maximum absolute atomic E-state index is 13.7. The standard InChI is InChI=1S/C15H20ClFN2O2/c1-18(8-12-13(16)3-2-4-14(12)17)15(21)9-19-6-5-11(7-19)10-20/h2-4,11,20H,5-10H2,1H3. The van der Waals surface area contributed by atoms with E-state index in [1.54, 1.807) is 19.2 Å². The van der Waals surface area contributed by atoms with Crippen LogP contribution in [0.5, 0.6) is 0 Å². The van der Waals surface area contributed by atoms with Gasteiger partial charge in [0.05, 0.1) is 6.54 Å². The summed E-state index contributed by atoms with van der Waals surface area (Å²) in [5.74, 6) is -0.222. The minimum Gasteiger partial charge on any atom is -0.396 e. The van der Waals surface area contributed by atoms with Crippen LogP contribution in [0.15, 0.2) is 18.2 Å². The molecule has 1 aliphatic heterocycles. The van der Waals surface area contributed by atoms with Gasteiger partial charge in [-0.1, -0.05) is 17.7 Å². The van der Waals surface area contributed by atoms with Crippen LogP contribution in [-0.4, -0.2) is 54.1 Å². The van der Waals surface area contributed by atoms with E-state index in [0.29, 0.717) is 17.1 Å².